The molecule has 30 heavy (non-hydrogen) atoms. The van der Waals surface area contributed by atoms with Gasteiger partial charge >= 0.3 is 0 Å². The first kappa shape index (κ1) is 20.5. The van der Waals surface area contributed by atoms with Crippen LogP contribution in [0.5, 0.6) is 0 Å². The summed E-state index contributed by atoms with van der Waals surface area (Å²) in [6.07, 6.45) is 3.80. The molecule has 1 fully saturated rings. The van der Waals surface area contributed by atoms with Gasteiger partial charge in [0.15, 0.2) is 4.77 Å². The molecule has 156 valence electrons. The molecule has 1 heterocycles. The van der Waals surface area contributed by atoms with E-state index in [4.69, 9.17) is 12.2 Å². The Morgan fingerprint density at radius 1 is 1.13 bits per heavy atom. The van der Waals surface area contributed by atoms with Crippen molar-refractivity contribution in [1.29, 1.82) is 0 Å². The third kappa shape index (κ3) is 4.10. The van der Waals surface area contributed by atoms with Crippen molar-refractivity contribution in [2.24, 2.45) is 11.8 Å². The molecule has 0 spiro atoms. The zero-order valence-corrected chi connectivity index (χ0v) is 18.2. The van der Waals surface area contributed by atoms with E-state index in [0.717, 1.165) is 17.5 Å². The fraction of sp³-hybridized carbons (Fsp3) is 0.375. The molecule has 1 aromatic heterocycles. The number of hydrogen-bond acceptors (Lipinski definition) is 3. The number of aromatic nitrogens is 2. The highest BCUT2D eigenvalue weighted by Gasteiger charge is 2.28. The van der Waals surface area contributed by atoms with Crippen LogP contribution in [0.3, 0.4) is 0 Å². The Morgan fingerprint density at radius 3 is 2.63 bits per heavy atom. The van der Waals surface area contributed by atoms with E-state index in [0.29, 0.717) is 34.1 Å². The van der Waals surface area contributed by atoms with Gasteiger partial charge in [-0.25, -0.2) is 0 Å². The number of benzene rings is 2. The molecule has 0 unspecified atom stereocenters. The van der Waals surface area contributed by atoms with E-state index in [1.807, 2.05) is 42.5 Å². The maximum Gasteiger partial charge on any atom is 0.266 e. The van der Waals surface area contributed by atoms with Crippen LogP contribution in [-0.2, 0) is 11.2 Å². The lowest BCUT2D eigenvalue weighted by Crippen LogP contribution is -2.44. The Labute approximate surface area is 181 Å². The summed E-state index contributed by atoms with van der Waals surface area (Å²) in [6, 6.07) is 15.0. The van der Waals surface area contributed by atoms with Crippen LogP contribution < -0.4 is 10.9 Å². The van der Waals surface area contributed by atoms with Gasteiger partial charge in [-0.05, 0) is 60.3 Å². The molecule has 0 aliphatic heterocycles. The molecule has 2 N–H and O–H groups in total. The van der Waals surface area contributed by atoms with Crippen LogP contribution in [0.1, 0.15) is 38.7 Å². The quantitative estimate of drug-likeness (QED) is 0.608. The molecule has 4 rings (SSSR count). The number of rotatable bonds is 4. The van der Waals surface area contributed by atoms with Gasteiger partial charge in [0, 0.05) is 6.04 Å². The first-order valence-electron chi connectivity index (χ1n) is 10.6. The fourth-order valence-corrected chi connectivity index (χ4v) is 4.69. The molecule has 3 atom stereocenters. The van der Waals surface area contributed by atoms with E-state index < -0.39 is 0 Å². The molecule has 0 radical (unpaired) electrons. The Morgan fingerprint density at radius 2 is 1.87 bits per heavy atom. The molecule has 1 saturated carbocycles. The normalized spacial score (nSPS) is 21.5. The van der Waals surface area contributed by atoms with Gasteiger partial charge < -0.3 is 10.3 Å². The second-order valence-electron chi connectivity index (χ2n) is 8.40. The molecule has 0 saturated heterocycles. The van der Waals surface area contributed by atoms with Crippen molar-refractivity contribution in [2.45, 2.75) is 45.6 Å². The number of carbonyl (C=O) groups is 1. The highest BCUT2D eigenvalue weighted by molar-refractivity contribution is 7.71. The summed E-state index contributed by atoms with van der Waals surface area (Å²) in [5, 5.41) is 3.80. The zero-order chi connectivity index (χ0) is 21.3. The van der Waals surface area contributed by atoms with Crippen LogP contribution in [-0.4, -0.2) is 21.5 Å². The summed E-state index contributed by atoms with van der Waals surface area (Å²) in [5.41, 5.74) is 2.17. The van der Waals surface area contributed by atoms with Gasteiger partial charge in [0.2, 0.25) is 5.91 Å². The number of para-hydroxylation sites is 1. The number of nitrogens with one attached hydrogen (secondary N) is 2. The van der Waals surface area contributed by atoms with Crippen molar-refractivity contribution in [3.63, 3.8) is 0 Å². The van der Waals surface area contributed by atoms with Crippen molar-refractivity contribution in [1.82, 2.24) is 14.9 Å². The molecule has 6 heteroatoms. The van der Waals surface area contributed by atoms with Gasteiger partial charge in [0.25, 0.3) is 5.56 Å². The second-order valence-corrected chi connectivity index (χ2v) is 8.79. The van der Waals surface area contributed by atoms with Crippen LogP contribution in [0.25, 0.3) is 16.6 Å². The lowest BCUT2D eigenvalue weighted by atomic mass is 9.78. The second kappa shape index (κ2) is 8.56. The first-order valence-corrected chi connectivity index (χ1v) is 11.0. The molecular formula is C24H27N3O2S. The van der Waals surface area contributed by atoms with Crippen molar-refractivity contribution in [3.05, 3.63) is 69.2 Å². The minimum Gasteiger partial charge on any atom is -0.353 e. The number of H-pyrrole nitrogens is 1. The van der Waals surface area contributed by atoms with Gasteiger partial charge in [-0.1, -0.05) is 51.0 Å². The Kier molecular flexibility index (Phi) is 5.86. The van der Waals surface area contributed by atoms with Crippen LogP contribution in [0, 0.1) is 16.6 Å². The van der Waals surface area contributed by atoms with E-state index in [1.54, 1.807) is 6.07 Å². The monoisotopic (exact) mass is 421 g/mol. The largest absolute Gasteiger partial charge is 0.353 e. The van der Waals surface area contributed by atoms with Gasteiger partial charge in [0.1, 0.15) is 0 Å². The van der Waals surface area contributed by atoms with Crippen molar-refractivity contribution in [2.75, 3.05) is 0 Å². The van der Waals surface area contributed by atoms with E-state index in [9.17, 15) is 9.59 Å². The minimum atomic E-state index is -0.153. The molecule has 5 nitrogen and oxygen atoms in total. The number of nitrogens with zero attached hydrogens (tertiary/aromatic N) is 1. The number of aromatic amines is 1. The third-order valence-electron chi connectivity index (χ3n) is 6.42. The predicted octanol–water partition coefficient (Wildman–Crippen LogP) is 4.53. The maximum absolute atomic E-state index is 12.9. The average molecular weight is 422 g/mol. The summed E-state index contributed by atoms with van der Waals surface area (Å²) >= 11 is 5.41. The molecular weight excluding hydrogens is 394 g/mol. The zero-order valence-electron chi connectivity index (χ0n) is 17.4. The maximum atomic E-state index is 12.9. The third-order valence-corrected chi connectivity index (χ3v) is 6.70. The average Bonchev–Trinajstić information content (AvgIpc) is 2.73. The standard InChI is InChI=1S/C24H27N3O2S/c1-15-6-5-9-20(16(15)2)25-22(28)14-17-10-12-18(13-11-17)27-23(29)19-7-3-4-8-21(19)26-24(27)30/h3-4,7-8,10-13,15-16,20H,5-6,9,14H2,1-2H3,(H,25,28)(H,26,30)/t15-,16-,20+/m1/s1. The van der Waals surface area contributed by atoms with Crippen LogP contribution in [0.4, 0.5) is 0 Å². The van der Waals surface area contributed by atoms with Crippen LogP contribution in [0.2, 0.25) is 0 Å². The van der Waals surface area contributed by atoms with Gasteiger partial charge in [-0.3, -0.25) is 14.2 Å². The molecule has 1 aliphatic rings. The van der Waals surface area contributed by atoms with E-state index in [2.05, 4.69) is 24.1 Å². The molecule has 3 aromatic rings. The fourth-order valence-electron chi connectivity index (χ4n) is 4.39. The number of amides is 1. The SMILES string of the molecule is C[C@@H]1[C@H](C)CCC[C@@H]1NC(=O)Cc1ccc(-n2c(=S)[nH]c3ccccc3c2=O)cc1. The highest BCUT2D eigenvalue weighted by atomic mass is 32.1. The van der Waals surface area contributed by atoms with Crippen LogP contribution >= 0.6 is 12.2 Å². The summed E-state index contributed by atoms with van der Waals surface area (Å²) in [4.78, 5) is 28.6. The Bertz CT molecular complexity index is 1180. The van der Waals surface area contributed by atoms with E-state index in [-0.39, 0.29) is 17.5 Å². The summed E-state index contributed by atoms with van der Waals surface area (Å²) in [5.74, 6) is 1.20. The van der Waals surface area contributed by atoms with Crippen molar-refractivity contribution >= 4 is 29.0 Å². The lowest BCUT2D eigenvalue weighted by molar-refractivity contribution is -0.121. The van der Waals surface area contributed by atoms with Crippen LogP contribution in [0.15, 0.2) is 53.3 Å². The molecule has 1 aliphatic carbocycles. The lowest BCUT2D eigenvalue weighted by Gasteiger charge is -2.34. The smallest absolute Gasteiger partial charge is 0.266 e. The van der Waals surface area contributed by atoms with Crippen molar-refractivity contribution in [3.8, 4) is 5.69 Å². The summed E-state index contributed by atoms with van der Waals surface area (Å²) in [6.45, 7) is 4.50. The van der Waals surface area contributed by atoms with E-state index in [1.165, 1.54) is 17.4 Å². The predicted molar refractivity (Wildman–Crippen MR) is 123 cm³/mol. The molecule has 0 bridgehead atoms. The summed E-state index contributed by atoms with van der Waals surface area (Å²) in [7, 11) is 0. The molecule has 2 aromatic carbocycles. The Balaban J connectivity index is 1.51. The first-order chi connectivity index (χ1) is 14.4. The van der Waals surface area contributed by atoms with E-state index >= 15 is 0 Å². The number of hydrogen-bond donors (Lipinski definition) is 2. The molecule has 1 amide bonds. The number of carbonyl (C=O) groups excluding carboxylic acids is 1. The topological polar surface area (TPSA) is 66.9 Å². The van der Waals surface area contributed by atoms with Gasteiger partial charge in [-0.15, -0.1) is 0 Å². The summed E-state index contributed by atoms with van der Waals surface area (Å²) < 4.78 is 1.84. The van der Waals surface area contributed by atoms with Gasteiger partial charge in [0.05, 0.1) is 23.0 Å². The Hall–Kier alpha value is -2.73. The van der Waals surface area contributed by atoms with Crippen molar-refractivity contribution < 1.29 is 4.79 Å². The minimum absolute atomic E-state index is 0.0499. The number of fused-ring (bicyclic) bond motifs is 1. The van der Waals surface area contributed by atoms with Gasteiger partial charge in [-0.2, -0.15) is 0 Å². The highest BCUT2D eigenvalue weighted by Crippen LogP contribution is 2.29.